The number of nitrogens with one attached hydrogen (secondary N) is 1. The summed E-state index contributed by atoms with van der Waals surface area (Å²) >= 11 is 0. The van der Waals surface area contributed by atoms with Crippen molar-refractivity contribution >= 4 is 17.3 Å². The van der Waals surface area contributed by atoms with E-state index in [4.69, 9.17) is 4.74 Å². The Morgan fingerprint density at radius 3 is 2.69 bits per heavy atom. The van der Waals surface area contributed by atoms with Crippen molar-refractivity contribution in [3.63, 3.8) is 0 Å². The van der Waals surface area contributed by atoms with E-state index in [0.29, 0.717) is 16.8 Å². The predicted molar refractivity (Wildman–Crippen MR) is 98.3 cm³/mol. The molecule has 7 heteroatoms. The summed E-state index contributed by atoms with van der Waals surface area (Å²) < 4.78 is 5.35. The van der Waals surface area contributed by atoms with E-state index >= 15 is 0 Å². The van der Waals surface area contributed by atoms with Gasteiger partial charge in [-0.05, 0) is 36.8 Å². The van der Waals surface area contributed by atoms with Crippen LogP contribution in [0.25, 0.3) is 0 Å². The van der Waals surface area contributed by atoms with Crippen molar-refractivity contribution in [2.45, 2.75) is 13.5 Å². The molecule has 3 rings (SSSR count). The van der Waals surface area contributed by atoms with Gasteiger partial charge in [-0.2, -0.15) is 0 Å². The standard InChI is InChI=1S/C19H21N3O4/c1-14-11-16(5-6-18(14)22(24)25)19(23)20-17-4-2-3-15(12-17)13-21-7-9-26-10-8-21/h2-6,11-12H,7-10,13H2,1H3,(H,20,23). The lowest BCUT2D eigenvalue weighted by molar-refractivity contribution is -0.385. The third kappa shape index (κ3) is 4.44. The molecular weight excluding hydrogens is 334 g/mol. The molecule has 0 bridgehead atoms. The van der Waals surface area contributed by atoms with Crippen LogP contribution in [0.4, 0.5) is 11.4 Å². The van der Waals surface area contributed by atoms with Gasteiger partial charge in [-0.1, -0.05) is 12.1 Å². The summed E-state index contributed by atoms with van der Waals surface area (Å²) in [7, 11) is 0. The molecule has 26 heavy (non-hydrogen) atoms. The van der Waals surface area contributed by atoms with Gasteiger partial charge in [0, 0.05) is 42.5 Å². The zero-order valence-corrected chi connectivity index (χ0v) is 14.6. The molecule has 1 fully saturated rings. The monoisotopic (exact) mass is 355 g/mol. The number of hydrogen-bond donors (Lipinski definition) is 1. The molecule has 0 atom stereocenters. The largest absolute Gasteiger partial charge is 0.379 e. The number of nitrogens with zero attached hydrogens (tertiary/aromatic N) is 2. The van der Waals surface area contributed by atoms with Gasteiger partial charge in [0.2, 0.25) is 0 Å². The van der Waals surface area contributed by atoms with Crippen LogP contribution in [-0.4, -0.2) is 42.0 Å². The first-order valence-electron chi connectivity index (χ1n) is 8.48. The maximum atomic E-state index is 12.4. The maximum absolute atomic E-state index is 12.4. The van der Waals surface area contributed by atoms with Gasteiger partial charge in [-0.15, -0.1) is 0 Å². The van der Waals surface area contributed by atoms with Crippen molar-refractivity contribution in [1.29, 1.82) is 0 Å². The van der Waals surface area contributed by atoms with Crippen molar-refractivity contribution in [1.82, 2.24) is 4.90 Å². The molecule has 1 aliphatic rings. The van der Waals surface area contributed by atoms with Crippen LogP contribution in [0.5, 0.6) is 0 Å². The lowest BCUT2D eigenvalue weighted by atomic mass is 10.1. The number of aryl methyl sites for hydroxylation is 1. The summed E-state index contributed by atoms with van der Waals surface area (Å²) in [6.45, 7) is 5.73. The average Bonchev–Trinajstić information content (AvgIpc) is 2.62. The molecular formula is C19H21N3O4. The number of hydrogen-bond acceptors (Lipinski definition) is 5. The Labute approximate surface area is 151 Å². The summed E-state index contributed by atoms with van der Waals surface area (Å²) in [6.07, 6.45) is 0. The SMILES string of the molecule is Cc1cc(C(=O)Nc2cccc(CN3CCOCC3)c2)ccc1[N+](=O)[O-]. The fraction of sp³-hybridized carbons (Fsp3) is 0.316. The number of nitro benzene ring substituents is 1. The quantitative estimate of drug-likeness (QED) is 0.658. The first-order chi connectivity index (χ1) is 12.5. The van der Waals surface area contributed by atoms with Gasteiger partial charge in [0.05, 0.1) is 18.1 Å². The second kappa shape index (κ2) is 8.07. The molecule has 1 amide bonds. The Hall–Kier alpha value is -2.77. The Morgan fingerprint density at radius 1 is 1.23 bits per heavy atom. The highest BCUT2D eigenvalue weighted by atomic mass is 16.6. The molecule has 0 aromatic heterocycles. The van der Waals surface area contributed by atoms with Gasteiger partial charge in [0.25, 0.3) is 11.6 Å². The predicted octanol–water partition coefficient (Wildman–Crippen LogP) is 2.99. The van der Waals surface area contributed by atoms with E-state index in [0.717, 1.165) is 38.4 Å². The van der Waals surface area contributed by atoms with Crippen LogP contribution in [0.1, 0.15) is 21.5 Å². The third-order valence-corrected chi connectivity index (χ3v) is 4.35. The van der Waals surface area contributed by atoms with Gasteiger partial charge < -0.3 is 10.1 Å². The van der Waals surface area contributed by atoms with E-state index in [1.807, 2.05) is 24.3 Å². The van der Waals surface area contributed by atoms with Crippen LogP contribution in [-0.2, 0) is 11.3 Å². The van der Waals surface area contributed by atoms with Gasteiger partial charge in [-0.3, -0.25) is 19.8 Å². The minimum Gasteiger partial charge on any atom is -0.379 e. The lowest BCUT2D eigenvalue weighted by Gasteiger charge is -2.26. The van der Waals surface area contributed by atoms with Gasteiger partial charge >= 0.3 is 0 Å². The fourth-order valence-corrected chi connectivity index (χ4v) is 2.97. The van der Waals surface area contributed by atoms with E-state index in [2.05, 4.69) is 10.2 Å². The summed E-state index contributed by atoms with van der Waals surface area (Å²) in [5.74, 6) is -0.286. The van der Waals surface area contributed by atoms with Crippen LogP contribution >= 0.6 is 0 Å². The van der Waals surface area contributed by atoms with E-state index < -0.39 is 4.92 Å². The molecule has 1 N–H and O–H groups in total. The zero-order valence-electron chi connectivity index (χ0n) is 14.6. The summed E-state index contributed by atoms with van der Waals surface area (Å²) in [4.78, 5) is 25.2. The highest BCUT2D eigenvalue weighted by Gasteiger charge is 2.15. The second-order valence-electron chi connectivity index (χ2n) is 6.30. The number of anilines is 1. The first kappa shape index (κ1) is 18.0. The highest BCUT2D eigenvalue weighted by molar-refractivity contribution is 6.04. The minimum absolute atomic E-state index is 0.00839. The molecule has 0 spiro atoms. The average molecular weight is 355 g/mol. The van der Waals surface area contributed by atoms with Crippen LogP contribution in [0, 0.1) is 17.0 Å². The number of carbonyl (C=O) groups is 1. The zero-order chi connectivity index (χ0) is 18.5. The van der Waals surface area contributed by atoms with E-state index in [1.54, 1.807) is 6.92 Å². The smallest absolute Gasteiger partial charge is 0.272 e. The summed E-state index contributed by atoms with van der Waals surface area (Å²) in [6, 6.07) is 12.1. The van der Waals surface area contributed by atoms with Crippen molar-refractivity contribution in [3.05, 3.63) is 69.3 Å². The van der Waals surface area contributed by atoms with Crippen molar-refractivity contribution in [2.24, 2.45) is 0 Å². The van der Waals surface area contributed by atoms with E-state index in [1.165, 1.54) is 18.2 Å². The van der Waals surface area contributed by atoms with E-state index in [-0.39, 0.29) is 11.6 Å². The topological polar surface area (TPSA) is 84.7 Å². The molecule has 2 aromatic carbocycles. The number of nitro groups is 1. The second-order valence-corrected chi connectivity index (χ2v) is 6.30. The molecule has 0 aliphatic carbocycles. The molecule has 0 saturated carbocycles. The molecule has 1 saturated heterocycles. The van der Waals surface area contributed by atoms with Crippen LogP contribution < -0.4 is 5.32 Å². The molecule has 0 radical (unpaired) electrons. The van der Waals surface area contributed by atoms with Crippen molar-refractivity contribution in [2.75, 3.05) is 31.6 Å². The number of morpholine rings is 1. The van der Waals surface area contributed by atoms with Gasteiger partial charge in [-0.25, -0.2) is 0 Å². The number of amides is 1. The Bertz CT molecular complexity index is 816. The molecule has 136 valence electrons. The van der Waals surface area contributed by atoms with Crippen molar-refractivity contribution in [3.8, 4) is 0 Å². The van der Waals surface area contributed by atoms with Crippen LogP contribution in [0.3, 0.4) is 0 Å². The highest BCUT2D eigenvalue weighted by Crippen LogP contribution is 2.20. The van der Waals surface area contributed by atoms with Crippen molar-refractivity contribution < 1.29 is 14.5 Å². The number of ether oxygens (including phenoxy) is 1. The summed E-state index contributed by atoms with van der Waals surface area (Å²) in [5.41, 5.74) is 2.69. The van der Waals surface area contributed by atoms with Crippen LogP contribution in [0.15, 0.2) is 42.5 Å². The minimum atomic E-state index is -0.452. The normalized spacial score (nSPS) is 14.8. The summed E-state index contributed by atoms with van der Waals surface area (Å²) in [5, 5.41) is 13.7. The Kier molecular flexibility index (Phi) is 5.60. The first-order valence-corrected chi connectivity index (χ1v) is 8.48. The van der Waals surface area contributed by atoms with Crippen LogP contribution in [0.2, 0.25) is 0 Å². The van der Waals surface area contributed by atoms with E-state index in [9.17, 15) is 14.9 Å². The molecule has 1 heterocycles. The number of benzene rings is 2. The lowest BCUT2D eigenvalue weighted by Crippen LogP contribution is -2.35. The molecule has 1 aliphatic heterocycles. The number of rotatable bonds is 5. The maximum Gasteiger partial charge on any atom is 0.272 e. The molecule has 0 unspecified atom stereocenters. The fourth-order valence-electron chi connectivity index (χ4n) is 2.97. The third-order valence-electron chi connectivity index (χ3n) is 4.35. The Balaban J connectivity index is 1.68. The molecule has 7 nitrogen and oxygen atoms in total. The number of carbonyl (C=O) groups excluding carboxylic acids is 1. The Morgan fingerprint density at radius 2 is 2.00 bits per heavy atom. The molecule has 2 aromatic rings. The van der Waals surface area contributed by atoms with Gasteiger partial charge in [0.15, 0.2) is 0 Å². The van der Waals surface area contributed by atoms with Gasteiger partial charge in [0.1, 0.15) is 0 Å².